The lowest BCUT2D eigenvalue weighted by atomic mass is 9.90. The normalized spacial score (nSPS) is 25.9. The Labute approximate surface area is 144 Å². The van der Waals surface area contributed by atoms with Gasteiger partial charge in [-0.25, -0.2) is 0 Å². The van der Waals surface area contributed by atoms with Crippen molar-refractivity contribution < 1.29 is 9.59 Å². The van der Waals surface area contributed by atoms with E-state index in [0.29, 0.717) is 19.1 Å². The fourth-order valence-electron chi connectivity index (χ4n) is 3.63. The topological polar surface area (TPSA) is 43.9 Å². The minimum Gasteiger partial charge on any atom is -0.331 e. The summed E-state index contributed by atoms with van der Waals surface area (Å²) in [5.74, 6) is 0.237. The Morgan fingerprint density at radius 1 is 1.12 bits per heavy atom. The first-order valence-corrected chi connectivity index (χ1v) is 8.82. The van der Waals surface area contributed by atoms with Crippen LogP contribution in [0.5, 0.6) is 0 Å². The van der Waals surface area contributed by atoms with E-state index in [1.165, 1.54) is 5.56 Å². The van der Waals surface area contributed by atoms with E-state index >= 15 is 0 Å². The summed E-state index contributed by atoms with van der Waals surface area (Å²) in [7, 11) is 2.11. The molecular formula is C19H27N3O2. The number of carbonyl (C=O) groups excluding carboxylic acids is 2. The highest BCUT2D eigenvalue weighted by molar-refractivity contribution is 5.98. The number of piperidine rings is 1. The zero-order valence-corrected chi connectivity index (χ0v) is 14.9. The molecule has 24 heavy (non-hydrogen) atoms. The number of nitrogens with zero attached hydrogens (tertiary/aromatic N) is 3. The Morgan fingerprint density at radius 2 is 1.83 bits per heavy atom. The third-order valence-corrected chi connectivity index (χ3v) is 5.44. The zero-order chi connectivity index (χ0) is 17.3. The van der Waals surface area contributed by atoms with E-state index in [2.05, 4.69) is 18.9 Å². The lowest BCUT2D eigenvalue weighted by molar-refractivity contribution is -0.142. The molecule has 5 nitrogen and oxygen atoms in total. The van der Waals surface area contributed by atoms with E-state index < -0.39 is 0 Å². The van der Waals surface area contributed by atoms with Gasteiger partial charge in [-0.05, 0) is 52.4 Å². The van der Waals surface area contributed by atoms with Gasteiger partial charge in [0.05, 0.1) is 0 Å². The van der Waals surface area contributed by atoms with Gasteiger partial charge in [-0.2, -0.15) is 0 Å². The second kappa shape index (κ2) is 6.93. The van der Waals surface area contributed by atoms with Crippen molar-refractivity contribution in [2.45, 2.75) is 32.7 Å². The Hall–Kier alpha value is -1.88. The molecule has 2 saturated heterocycles. The average Bonchev–Trinajstić information content (AvgIpc) is 2.57. The van der Waals surface area contributed by atoms with Crippen LogP contribution in [0, 0.1) is 12.8 Å². The predicted octanol–water partition coefficient (Wildman–Crippen LogP) is 1.90. The van der Waals surface area contributed by atoms with Crippen molar-refractivity contribution in [2.24, 2.45) is 5.92 Å². The standard InChI is InChI=1S/C19H27N3O2/c1-14-4-6-17(7-5-14)22-11-10-21(13-18(22)23)19(24)16-8-9-20(3)15(2)12-16/h4-7,15-16H,8-13H2,1-3H3/t15-,16-/m1/s1. The maximum Gasteiger partial charge on any atom is 0.246 e. The van der Waals surface area contributed by atoms with Crippen LogP contribution >= 0.6 is 0 Å². The third kappa shape index (κ3) is 3.46. The Balaban J connectivity index is 1.62. The van der Waals surface area contributed by atoms with Gasteiger partial charge in [0.15, 0.2) is 0 Å². The van der Waals surface area contributed by atoms with E-state index in [4.69, 9.17) is 0 Å². The summed E-state index contributed by atoms with van der Waals surface area (Å²) in [5, 5.41) is 0. The van der Waals surface area contributed by atoms with Gasteiger partial charge in [-0.3, -0.25) is 9.59 Å². The van der Waals surface area contributed by atoms with Gasteiger partial charge in [-0.15, -0.1) is 0 Å². The molecule has 2 aliphatic heterocycles. The molecule has 0 unspecified atom stereocenters. The maximum atomic E-state index is 12.8. The highest BCUT2D eigenvalue weighted by Gasteiger charge is 2.34. The molecule has 3 rings (SSSR count). The lowest BCUT2D eigenvalue weighted by Gasteiger charge is -2.39. The molecule has 0 saturated carbocycles. The van der Waals surface area contributed by atoms with Crippen molar-refractivity contribution in [1.82, 2.24) is 9.80 Å². The smallest absolute Gasteiger partial charge is 0.246 e. The minimum atomic E-state index is 0.0134. The van der Waals surface area contributed by atoms with Crippen LogP contribution in [0.15, 0.2) is 24.3 Å². The number of benzene rings is 1. The van der Waals surface area contributed by atoms with Crippen LogP contribution < -0.4 is 4.90 Å². The lowest BCUT2D eigenvalue weighted by Crippen LogP contribution is -2.55. The van der Waals surface area contributed by atoms with Crippen LogP contribution in [0.1, 0.15) is 25.3 Å². The van der Waals surface area contributed by atoms with Gasteiger partial charge in [0, 0.05) is 30.7 Å². The number of likely N-dealkylation sites (tertiary alicyclic amines) is 1. The first-order chi connectivity index (χ1) is 11.5. The first kappa shape index (κ1) is 17.0. The molecule has 5 heteroatoms. The summed E-state index contributed by atoms with van der Waals surface area (Å²) in [6.07, 6.45) is 1.79. The van der Waals surface area contributed by atoms with Crippen molar-refractivity contribution >= 4 is 17.5 Å². The van der Waals surface area contributed by atoms with Crippen LogP contribution in [0.3, 0.4) is 0 Å². The van der Waals surface area contributed by atoms with Crippen molar-refractivity contribution in [1.29, 1.82) is 0 Å². The Morgan fingerprint density at radius 3 is 2.46 bits per heavy atom. The number of hydrogen-bond donors (Lipinski definition) is 0. The number of amides is 2. The number of piperazine rings is 1. The SMILES string of the molecule is Cc1ccc(N2CCN(C(=O)[C@@H]3CCN(C)[C@H](C)C3)CC2=O)cc1. The molecule has 2 heterocycles. The molecule has 2 amide bonds. The third-order valence-electron chi connectivity index (χ3n) is 5.44. The van der Waals surface area contributed by atoms with Crippen molar-refractivity contribution in [2.75, 3.05) is 38.1 Å². The van der Waals surface area contributed by atoms with E-state index in [-0.39, 0.29) is 24.3 Å². The fourth-order valence-corrected chi connectivity index (χ4v) is 3.63. The highest BCUT2D eigenvalue weighted by atomic mass is 16.2. The van der Waals surface area contributed by atoms with Crippen molar-refractivity contribution in [3.05, 3.63) is 29.8 Å². The second-order valence-electron chi connectivity index (χ2n) is 7.19. The largest absolute Gasteiger partial charge is 0.331 e. The Kier molecular flexibility index (Phi) is 4.90. The van der Waals surface area contributed by atoms with E-state index in [9.17, 15) is 9.59 Å². The monoisotopic (exact) mass is 329 g/mol. The maximum absolute atomic E-state index is 12.8. The van der Waals surface area contributed by atoms with Crippen LogP contribution in [0.2, 0.25) is 0 Å². The van der Waals surface area contributed by atoms with Gasteiger partial charge in [0.2, 0.25) is 11.8 Å². The summed E-state index contributed by atoms with van der Waals surface area (Å²) in [4.78, 5) is 31.1. The summed E-state index contributed by atoms with van der Waals surface area (Å²) >= 11 is 0. The number of carbonyl (C=O) groups is 2. The zero-order valence-electron chi connectivity index (χ0n) is 14.9. The summed E-state index contributed by atoms with van der Waals surface area (Å²) in [6, 6.07) is 8.41. The first-order valence-electron chi connectivity index (χ1n) is 8.82. The quantitative estimate of drug-likeness (QED) is 0.832. The van der Waals surface area contributed by atoms with Crippen LogP contribution in [-0.2, 0) is 9.59 Å². The molecule has 0 bridgehead atoms. The fraction of sp³-hybridized carbons (Fsp3) is 0.579. The average molecular weight is 329 g/mol. The molecule has 0 radical (unpaired) electrons. The van der Waals surface area contributed by atoms with Crippen molar-refractivity contribution in [3.8, 4) is 0 Å². The number of rotatable bonds is 2. The van der Waals surface area contributed by atoms with Gasteiger partial charge < -0.3 is 14.7 Å². The number of hydrogen-bond acceptors (Lipinski definition) is 3. The van der Waals surface area contributed by atoms with Gasteiger partial charge in [0.1, 0.15) is 6.54 Å². The Bertz CT molecular complexity index is 614. The number of anilines is 1. The minimum absolute atomic E-state index is 0.0134. The van der Waals surface area contributed by atoms with Gasteiger partial charge in [-0.1, -0.05) is 17.7 Å². The molecule has 0 aliphatic carbocycles. The summed E-state index contributed by atoms with van der Waals surface area (Å²) in [5.41, 5.74) is 2.10. The molecule has 1 aromatic carbocycles. The predicted molar refractivity (Wildman–Crippen MR) is 94.9 cm³/mol. The number of aryl methyl sites for hydroxylation is 1. The molecule has 1 aromatic rings. The van der Waals surface area contributed by atoms with E-state index in [1.54, 1.807) is 9.80 Å². The molecule has 0 aromatic heterocycles. The van der Waals surface area contributed by atoms with E-state index in [0.717, 1.165) is 25.1 Å². The highest BCUT2D eigenvalue weighted by Crippen LogP contribution is 2.25. The van der Waals surface area contributed by atoms with Gasteiger partial charge >= 0.3 is 0 Å². The molecule has 0 spiro atoms. The molecule has 2 fully saturated rings. The van der Waals surface area contributed by atoms with Gasteiger partial charge in [0.25, 0.3) is 0 Å². The summed E-state index contributed by atoms with van der Waals surface area (Å²) < 4.78 is 0. The summed E-state index contributed by atoms with van der Waals surface area (Å²) in [6.45, 7) is 6.56. The molecule has 130 valence electrons. The van der Waals surface area contributed by atoms with Crippen molar-refractivity contribution in [3.63, 3.8) is 0 Å². The van der Waals surface area contributed by atoms with Crippen LogP contribution in [0.4, 0.5) is 5.69 Å². The molecule has 2 atom stereocenters. The molecule has 0 N–H and O–H groups in total. The van der Waals surface area contributed by atoms with E-state index in [1.807, 2.05) is 31.2 Å². The van der Waals surface area contributed by atoms with Crippen LogP contribution in [0.25, 0.3) is 0 Å². The second-order valence-corrected chi connectivity index (χ2v) is 7.19. The molecule has 2 aliphatic rings. The van der Waals surface area contributed by atoms with Crippen LogP contribution in [-0.4, -0.2) is 60.9 Å². The molecular weight excluding hydrogens is 302 g/mol.